The molecule has 0 bridgehead atoms. The first-order valence-electron chi connectivity index (χ1n) is 5.96. The van der Waals surface area contributed by atoms with Gasteiger partial charge in [0.1, 0.15) is 0 Å². The number of terminal acetylenes is 1. The molecule has 0 aliphatic heterocycles. The fourth-order valence-corrected chi connectivity index (χ4v) is 2.44. The monoisotopic (exact) mass is 303 g/mol. The van der Waals surface area contributed by atoms with Crippen molar-refractivity contribution in [1.82, 2.24) is 4.98 Å². The number of hydrogen-bond acceptors (Lipinski definition) is 2. The summed E-state index contributed by atoms with van der Waals surface area (Å²) in [6.45, 7) is 0. The number of carbonyl (C=O) groups is 1. The summed E-state index contributed by atoms with van der Waals surface area (Å²) in [5.74, 6) is 1.95. The highest BCUT2D eigenvalue weighted by Gasteiger charge is 2.23. The number of Topliss-reactive ketones (excluding diaryl/α,β-unsaturated/α-hetero) is 1. The van der Waals surface area contributed by atoms with Gasteiger partial charge < -0.3 is 0 Å². The molecular weight excluding hydrogens is 293 g/mol. The Hall–Kier alpha value is -1.82. The molecule has 0 fully saturated rings. The van der Waals surface area contributed by atoms with Crippen molar-refractivity contribution in [2.75, 3.05) is 0 Å². The maximum atomic E-state index is 12.6. The number of carbonyl (C=O) groups excluding carboxylic acids is 1. The molecule has 0 amide bonds. The number of hydrogen-bond donors (Lipinski definition) is 0. The standard InChI is InChI=1S/C16H11Cl2NO/c1-2-4-13(11-5-3-8-19-10-11)16(20)14-7-6-12(17)9-15(14)18/h1,3,5-10,13H,4H2. The first-order chi connectivity index (χ1) is 9.63. The summed E-state index contributed by atoms with van der Waals surface area (Å²) >= 11 is 11.9. The van der Waals surface area contributed by atoms with Gasteiger partial charge in [-0.3, -0.25) is 9.78 Å². The molecule has 4 heteroatoms. The van der Waals surface area contributed by atoms with E-state index in [1.54, 1.807) is 36.7 Å². The number of rotatable bonds is 4. The van der Waals surface area contributed by atoms with Crippen LogP contribution in [0.3, 0.4) is 0 Å². The fourth-order valence-electron chi connectivity index (χ4n) is 1.94. The second-order valence-electron chi connectivity index (χ2n) is 4.24. The van der Waals surface area contributed by atoms with Crippen LogP contribution in [0.1, 0.15) is 28.3 Å². The third-order valence-electron chi connectivity index (χ3n) is 2.92. The van der Waals surface area contributed by atoms with E-state index in [2.05, 4.69) is 10.9 Å². The van der Waals surface area contributed by atoms with Crippen molar-refractivity contribution >= 4 is 29.0 Å². The zero-order chi connectivity index (χ0) is 14.5. The second-order valence-corrected chi connectivity index (χ2v) is 5.08. The summed E-state index contributed by atoms with van der Waals surface area (Å²) in [4.78, 5) is 16.6. The summed E-state index contributed by atoms with van der Waals surface area (Å²) < 4.78 is 0. The lowest BCUT2D eigenvalue weighted by molar-refractivity contribution is 0.0961. The van der Waals surface area contributed by atoms with E-state index >= 15 is 0 Å². The van der Waals surface area contributed by atoms with E-state index in [-0.39, 0.29) is 5.78 Å². The van der Waals surface area contributed by atoms with E-state index < -0.39 is 5.92 Å². The molecule has 0 spiro atoms. The van der Waals surface area contributed by atoms with Crippen molar-refractivity contribution in [2.24, 2.45) is 0 Å². The number of ketones is 1. The second kappa shape index (κ2) is 6.56. The van der Waals surface area contributed by atoms with Crippen molar-refractivity contribution in [3.05, 3.63) is 63.9 Å². The smallest absolute Gasteiger partial charge is 0.172 e. The van der Waals surface area contributed by atoms with Crippen LogP contribution in [0.15, 0.2) is 42.7 Å². The average Bonchev–Trinajstić information content (AvgIpc) is 2.45. The van der Waals surface area contributed by atoms with Crippen LogP contribution in [0.2, 0.25) is 10.0 Å². The number of aromatic nitrogens is 1. The largest absolute Gasteiger partial charge is 0.293 e. The van der Waals surface area contributed by atoms with Gasteiger partial charge in [0.05, 0.1) is 10.9 Å². The molecule has 2 nitrogen and oxygen atoms in total. The molecule has 2 rings (SSSR count). The molecule has 1 aromatic carbocycles. The first-order valence-corrected chi connectivity index (χ1v) is 6.71. The summed E-state index contributed by atoms with van der Waals surface area (Å²) in [6.07, 6.45) is 8.95. The van der Waals surface area contributed by atoms with Crippen molar-refractivity contribution in [3.8, 4) is 12.3 Å². The van der Waals surface area contributed by atoms with Crippen LogP contribution in [0.25, 0.3) is 0 Å². The van der Waals surface area contributed by atoms with Gasteiger partial charge in [-0.2, -0.15) is 0 Å². The predicted molar refractivity (Wildman–Crippen MR) is 81.2 cm³/mol. The number of benzene rings is 1. The quantitative estimate of drug-likeness (QED) is 0.620. The highest BCUT2D eigenvalue weighted by molar-refractivity contribution is 6.37. The molecule has 0 aliphatic carbocycles. The third-order valence-corrected chi connectivity index (χ3v) is 3.47. The molecule has 1 unspecified atom stereocenters. The molecular formula is C16H11Cl2NO. The van der Waals surface area contributed by atoms with E-state index in [1.807, 2.05) is 6.07 Å². The van der Waals surface area contributed by atoms with Gasteiger partial charge in [-0.15, -0.1) is 12.3 Å². The Kier molecular flexibility index (Phi) is 4.79. The molecule has 0 radical (unpaired) electrons. The lowest BCUT2D eigenvalue weighted by atomic mass is 9.89. The zero-order valence-corrected chi connectivity index (χ0v) is 12.0. The van der Waals surface area contributed by atoms with Crippen LogP contribution in [0, 0.1) is 12.3 Å². The average molecular weight is 304 g/mol. The highest BCUT2D eigenvalue weighted by Crippen LogP contribution is 2.28. The zero-order valence-electron chi connectivity index (χ0n) is 10.5. The molecule has 1 atom stereocenters. The summed E-state index contributed by atoms with van der Waals surface area (Å²) in [7, 11) is 0. The van der Waals surface area contributed by atoms with E-state index in [0.717, 1.165) is 5.56 Å². The lowest BCUT2D eigenvalue weighted by Crippen LogP contribution is -2.13. The lowest BCUT2D eigenvalue weighted by Gasteiger charge is -2.14. The summed E-state index contributed by atoms with van der Waals surface area (Å²) in [6, 6.07) is 8.41. The molecule has 1 heterocycles. The molecule has 0 saturated carbocycles. The summed E-state index contributed by atoms with van der Waals surface area (Å²) in [5.41, 5.74) is 1.20. The Morgan fingerprint density at radius 2 is 2.15 bits per heavy atom. The van der Waals surface area contributed by atoms with E-state index in [0.29, 0.717) is 22.0 Å². The Balaban J connectivity index is 2.40. The minimum atomic E-state index is -0.452. The van der Waals surface area contributed by atoms with Gasteiger partial charge in [0, 0.05) is 29.4 Å². The van der Waals surface area contributed by atoms with Gasteiger partial charge in [-0.05, 0) is 29.8 Å². The maximum absolute atomic E-state index is 12.6. The normalized spacial score (nSPS) is 11.7. The van der Waals surface area contributed by atoms with Crippen LogP contribution in [0.4, 0.5) is 0 Å². The van der Waals surface area contributed by atoms with Gasteiger partial charge in [-0.25, -0.2) is 0 Å². The van der Waals surface area contributed by atoms with Crippen molar-refractivity contribution < 1.29 is 4.79 Å². The van der Waals surface area contributed by atoms with Gasteiger partial charge in [0.25, 0.3) is 0 Å². The highest BCUT2D eigenvalue weighted by atomic mass is 35.5. The van der Waals surface area contributed by atoms with E-state index in [4.69, 9.17) is 29.6 Å². The molecule has 0 N–H and O–H groups in total. The van der Waals surface area contributed by atoms with Crippen LogP contribution in [-0.2, 0) is 0 Å². The SMILES string of the molecule is C#CCC(C(=O)c1ccc(Cl)cc1Cl)c1cccnc1. The molecule has 0 saturated heterocycles. The van der Waals surface area contributed by atoms with Crippen molar-refractivity contribution in [1.29, 1.82) is 0 Å². The van der Waals surface area contributed by atoms with Crippen LogP contribution < -0.4 is 0 Å². The molecule has 100 valence electrons. The van der Waals surface area contributed by atoms with Gasteiger partial charge in [0.2, 0.25) is 0 Å². The van der Waals surface area contributed by atoms with Crippen LogP contribution in [0.5, 0.6) is 0 Å². The Morgan fingerprint density at radius 1 is 1.35 bits per heavy atom. The van der Waals surface area contributed by atoms with Crippen molar-refractivity contribution in [3.63, 3.8) is 0 Å². The molecule has 0 aliphatic rings. The fraction of sp³-hybridized carbons (Fsp3) is 0.125. The summed E-state index contributed by atoms with van der Waals surface area (Å²) in [5, 5.41) is 0.815. The number of halogens is 2. The van der Waals surface area contributed by atoms with Gasteiger partial charge in [-0.1, -0.05) is 29.3 Å². The predicted octanol–water partition coefficient (Wildman–Crippen LogP) is 4.38. The van der Waals surface area contributed by atoms with E-state index in [9.17, 15) is 4.79 Å². The molecule has 1 aromatic heterocycles. The van der Waals surface area contributed by atoms with Gasteiger partial charge >= 0.3 is 0 Å². The third kappa shape index (κ3) is 3.19. The van der Waals surface area contributed by atoms with Gasteiger partial charge in [0.15, 0.2) is 5.78 Å². The van der Waals surface area contributed by atoms with E-state index in [1.165, 1.54) is 0 Å². The van der Waals surface area contributed by atoms with Crippen LogP contribution in [-0.4, -0.2) is 10.8 Å². The minimum absolute atomic E-state index is 0.127. The van der Waals surface area contributed by atoms with Crippen molar-refractivity contribution in [2.45, 2.75) is 12.3 Å². The Bertz CT molecular complexity index is 662. The maximum Gasteiger partial charge on any atom is 0.172 e. The number of nitrogens with zero attached hydrogens (tertiary/aromatic N) is 1. The topological polar surface area (TPSA) is 30.0 Å². The Morgan fingerprint density at radius 3 is 2.75 bits per heavy atom. The number of pyridine rings is 1. The minimum Gasteiger partial charge on any atom is -0.293 e. The Labute approximate surface area is 127 Å². The molecule has 20 heavy (non-hydrogen) atoms. The van der Waals surface area contributed by atoms with Crippen LogP contribution >= 0.6 is 23.2 Å². The molecule has 2 aromatic rings. The first kappa shape index (κ1) is 14.6.